The van der Waals surface area contributed by atoms with Gasteiger partial charge in [0.1, 0.15) is 5.69 Å². The molecule has 2 fully saturated rings. The van der Waals surface area contributed by atoms with Gasteiger partial charge in [0, 0.05) is 24.9 Å². The van der Waals surface area contributed by atoms with E-state index in [1.54, 1.807) is 11.3 Å². The fraction of sp³-hybridized carbons (Fsp3) is 0.733. The van der Waals surface area contributed by atoms with Gasteiger partial charge in [0.15, 0.2) is 0 Å². The van der Waals surface area contributed by atoms with Gasteiger partial charge in [-0.05, 0) is 37.6 Å². The van der Waals surface area contributed by atoms with Crippen LogP contribution in [0.3, 0.4) is 0 Å². The number of nitrogens with two attached hydrogens (primary N) is 1. The molecule has 20 heavy (non-hydrogen) atoms. The Morgan fingerprint density at radius 1 is 1.30 bits per heavy atom. The van der Waals surface area contributed by atoms with Gasteiger partial charge in [-0.1, -0.05) is 12.8 Å². The topological polar surface area (TPSA) is 59.2 Å². The van der Waals surface area contributed by atoms with Gasteiger partial charge in [0.25, 0.3) is 5.91 Å². The summed E-state index contributed by atoms with van der Waals surface area (Å²) in [5.74, 6) is 0.109. The van der Waals surface area contributed by atoms with Gasteiger partial charge in [0.05, 0.1) is 5.01 Å². The van der Waals surface area contributed by atoms with Gasteiger partial charge < -0.3 is 10.6 Å². The molecule has 5 heteroatoms. The highest BCUT2D eigenvalue weighted by atomic mass is 32.1. The molecule has 0 bridgehead atoms. The van der Waals surface area contributed by atoms with Crippen LogP contribution in [0, 0.1) is 5.41 Å². The Kier molecular flexibility index (Phi) is 4.08. The van der Waals surface area contributed by atoms with E-state index in [4.69, 9.17) is 5.73 Å². The zero-order chi connectivity index (χ0) is 14.0. The summed E-state index contributed by atoms with van der Waals surface area (Å²) in [5.41, 5.74) is 6.70. The lowest BCUT2D eigenvalue weighted by molar-refractivity contribution is 0.0582. The van der Waals surface area contributed by atoms with Crippen molar-refractivity contribution in [3.63, 3.8) is 0 Å². The van der Waals surface area contributed by atoms with Crippen LogP contribution in [0.15, 0.2) is 5.38 Å². The molecule has 0 aromatic carbocycles. The Balaban J connectivity index is 1.60. The van der Waals surface area contributed by atoms with Crippen LogP contribution in [-0.2, 0) is 6.42 Å². The molecule has 0 unspecified atom stereocenters. The van der Waals surface area contributed by atoms with Gasteiger partial charge in [-0.15, -0.1) is 11.3 Å². The second-order valence-electron chi connectivity index (χ2n) is 6.16. The predicted octanol–water partition coefficient (Wildman–Crippen LogP) is 2.44. The van der Waals surface area contributed by atoms with Crippen LogP contribution in [0.5, 0.6) is 0 Å². The number of hydrogen-bond acceptors (Lipinski definition) is 4. The number of carbonyl (C=O) groups excluding carboxylic acids is 1. The molecule has 1 aliphatic heterocycles. The standard InChI is InChI=1S/C15H23N3OS/c16-8-3-13-17-12(11-20-13)14(19)18-9-6-15(7-10-18)4-1-2-5-15/h11H,1-10,16H2. The Morgan fingerprint density at radius 2 is 2.00 bits per heavy atom. The van der Waals surface area contributed by atoms with Crippen molar-refractivity contribution in [2.75, 3.05) is 19.6 Å². The molecule has 0 radical (unpaired) electrons. The summed E-state index contributed by atoms with van der Waals surface area (Å²) >= 11 is 1.55. The summed E-state index contributed by atoms with van der Waals surface area (Å²) in [4.78, 5) is 18.9. The first-order chi connectivity index (χ1) is 9.72. The third-order valence-corrected chi connectivity index (χ3v) is 5.81. The third-order valence-electron chi connectivity index (χ3n) is 4.90. The zero-order valence-corrected chi connectivity index (χ0v) is 12.8. The van der Waals surface area contributed by atoms with E-state index in [2.05, 4.69) is 4.98 Å². The molecule has 1 spiro atoms. The second kappa shape index (κ2) is 5.82. The van der Waals surface area contributed by atoms with Crippen molar-refractivity contribution < 1.29 is 4.79 Å². The maximum atomic E-state index is 12.5. The molecule has 2 heterocycles. The van der Waals surface area contributed by atoms with Crippen molar-refractivity contribution in [1.82, 2.24) is 9.88 Å². The number of likely N-dealkylation sites (tertiary alicyclic amines) is 1. The Labute approximate surface area is 124 Å². The quantitative estimate of drug-likeness (QED) is 0.931. The van der Waals surface area contributed by atoms with Crippen molar-refractivity contribution in [2.45, 2.75) is 44.9 Å². The third kappa shape index (κ3) is 2.74. The highest BCUT2D eigenvalue weighted by Gasteiger charge is 2.38. The van der Waals surface area contributed by atoms with E-state index >= 15 is 0 Å². The lowest BCUT2D eigenvalue weighted by Crippen LogP contribution is -2.42. The normalized spacial score (nSPS) is 21.6. The fourth-order valence-corrected chi connectivity index (χ4v) is 4.41. The first-order valence-corrected chi connectivity index (χ1v) is 8.54. The Hall–Kier alpha value is -0.940. The number of carbonyl (C=O) groups is 1. The predicted molar refractivity (Wildman–Crippen MR) is 80.9 cm³/mol. The van der Waals surface area contributed by atoms with Crippen molar-refractivity contribution in [1.29, 1.82) is 0 Å². The summed E-state index contributed by atoms with van der Waals surface area (Å²) in [5, 5.41) is 2.85. The molecular weight excluding hydrogens is 270 g/mol. The SMILES string of the molecule is NCCc1nc(C(=O)N2CCC3(CCCC3)CC2)cs1. The van der Waals surface area contributed by atoms with Crippen LogP contribution in [-0.4, -0.2) is 35.4 Å². The molecule has 1 saturated heterocycles. The summed E-state index contributed by atoms with van der Waals surface area (Å²) < 4.78 is 0. The average molecular weight is 293 g/mol. The molecule has 2 aliphatic rings. The molecule has 4 nitrogen and oxygen atoms in total. The van der Waals surface area contributed by atoms with Crippen LogP contribution < -0.4 is 5.73 Å². The maximum Gasteiger partial charge on any atom is 0.273 e. The van der Waals surface area contributed by atoms with E-state index in [1.807, 2.05) is 10.3 Å². The number of hydrogen-bond donors (Lipinski definition) is 1. The van der Waals surface area contributed by atoms with Crippen LogP contribution in [0.2, 0.25) is 0 Å². The number of nitrogens with zero attached hydrogens (tertiary/aromatic N) is 2. The van der Waals surface area contributed by atoms with E-state index in [0.717, 1.165) is 24.5 Å². The highest BCUT2D eigenvalue weighted by molar-refractivity contribution is 7.09. The van der Waals surface area contributed by atoms with E-state index in [0.29, 0.717) is 17.7 Å². The van der Waals surface area contributed by atoms with Gasteiger partial charge in [-0.25, -0.2) is 4.98 Å². The molecule has 3 rings (SSSR count). The van der Waals surface area contributed by atoms with E-state index in [1.165, 1.54) is 38.5 Å². The van der Waals surface area contributed by atoms with E-state index in [9.17, 15) is 4.79 Å². The number of amides is 1. The maximum absolute atomic E-state index is 12.5. The first kappa shape index (κ1) is 14.0. The summed E-state index contributed by atoms with van der Waals surface area (Å²) in [6.07, 6.45) is 8.61. The lowest BCUT2D eigenvalue weighted by Gasteiger charge is -2.39. The number of aromatic nitrogens is 1. The molecule has 110 valence electrons. The van der Waals surface area contributed by atoms with Crippen molar-refractivity contribution in [2.24, 2.45) is 11.1 Å². The number of rotatable bonds is 3. The summed E-state index contributed by atoms with van der Waals surface area (Å²) in [6.45, 7) is 2.40. The molecular formula is C15H23N3OS. The molecule has 2 N–H and O–H groups in total. The summed E-state index contributed by atoms with van der Waals surface area (Å²) in [7, 11) is 0. The second-order valence-corrected chi connectivity index (χ2v) is 7.11. The van der Waals surface area contributed by atoms with Crippen molar-refractivity contribution >= 4 is 17.2 Å². The van der Waals surface area contributed by atoms with Gasteiger partial charge in [0.2, 0.25) is 0 Å². The molecule has 1 amide bonds. The molecule has 1 saturated carbocycles. The first-order valence-electron chi connectivity index (χ1n) is 7.66. The molecule has 1 aromatic heterocycles. The zero-order valence-electron chi connectivity index (χ0n) is 11.9. The monoisotopic (exact) mass is 293 g/mol. The van der Waals surface area contributed by atoms with Gasteiger partial charge in [-0.2, -0.15) is 0 Å². The minimum atomic E-state index is 0.109. The van der Waals surface area contributed by atoms with E-state index < -0.39 is 0 Å². The van der Waals surface area contributed by atoms with Crippen LogP contribution in [0.1, 0.15) is 54.0 Å². The summed E-state index contributed by atoms with van der Waals surface area (Å²) in [6, 6.07) is 0. The number of piperidine rings is 1. The number of thiazole rings is 1. The van der Waals surface area contributed by atoms with Gasteiger partial charge >= 0.3 is 0 Å². The van der Waals surface area contributed by atoms with Gasteiger partial charge in [-0.3, -0.25) is 4.79 Å². The van der Waals surface area contributed by atoms with Crippen molar-refractivity contribution in [3.05, 3.63) is 16.1 Å². The lowest BCUT2D eigenvalue weighted by atomic mass is 9.77. The van der Waals surface area contributed by atoms with Crippen LogP contribution in [0.25, 0.3) is 0 Å². The minimum absolute atomic E-state index is 0.109. The molecule has 1 aliphatic carbocycles. The van der Waals surface area contributed by atoms with E-state index in [-0.39, 0.29) is 5.91 Å². The Morgan fingerprint density at radius 3 is 2.65 bits per heavy atom. The minimum Gasteiger partial charge on any atom is -0.337 e. The molecule has 0 atom stereocenters. The average Bonchev–Trinajstić information content (AvgIpc) is 3.10. The molecule has 1 aromatic rings. The highest BCUT2D eigenvalue weighted by Crippen LogP contribution is 2.46. The Bertz CT molecular complexity index is 469. The van der Waals surface area contributed by atoms with Crippen LogP contribution >= 0.6 is 11.3 Å². The largest absolute Gasteiger partial charge is 0.337 e. The fourth-order valence-electron chi connectivity index (χ4n) is 3.62. The van der Waals surface area contributed by atoms with Crippen molar-refractivity contribution in [3.8, 4) is 0 Å². The van der Waals surface area contributed by atoms with Crippen LogP contribution in [0.4, 0.5) is 0 Å². The smallest absolute Gasteiger partial charge is 0.273 e.